The van der Waals surface area contributed by atoms with Crippen molar-refractivity contribution in [2.75, 3.05) is 0 Å². The second-order valence-electron chi connectivity index (χ2n) is 3.38. The van der Waals surface area contributed by atoms with Crippen LogP contribution in [0.25, 0.3) is 0 Å². The molecule has 0 aromatic rings. The van der Waals surface area contributed by atoms with Gasteiger partial charge in [-0.3, -0.25) is 0 Å². The van der Waals surface area contributed by atoms with Gasteiger partial charge in [-0.2, -0.15) is 0 Å². The molecule has 12 heavy (non-hydrogen) atoms. The average Bonchev–Trinajstić information content (AvgIpc) is 2.69. The Hall–Kier alpha value is -0.960. The molecule has 0 spiro atoms. The molecule has 1 rings (SSSR count). The average molecular weight is 166 g/mol. The molecule has 0 aromatic carbocycles. The van der Waals surface area contributed by atoms with Crippen LogP contribution in [-0.4, -0.2) is 21.4 Å². The van der Waals surface area contributed by atoms with E-state index in [-0.39, 0.29) is 0 Å². The van der Waals surface area contributed by atoms with E-state index < -0.39 is 11.2 Å². The van der Waals surface area contributed by atoms with Crippen molar-refractivity contribution in [3.05, 3.63) is 0 Å². The van der Waals surface area contributed by atoms with E-state index in [4.69, 9.17) is 23.1 Å². The van der Waals surface area contributed by atoms with Gasteiger partial charge in [-0.15, -0.1) is 12.8 Å². The summed E-state index contributed by atoms with van der Waals surface area (Å²) in [5, 5.41) is 17.3. The Balaban J connectivity index is 0.000000202. The number of hydrogen-bond donors (Lipinski definition) is 2. The first-order valence-corrected chi connectivity index (χ1v) is 3.73. The zero-order valence-electron chi connectivity index (χ0n) is 7.46. The van der Waals surface area contributed by atoms with Crippen molar-refractivity contribution in [1.29, 1.82) is 0 Å². The third kappa shape index (κ3) is 5.80. The van der Waals surface area contributed by atoms with Gasteiger partial charge in [0.2, 0.25) is 0 Å². The summed E-state index contributed by atoms with van der Waals surface area (Å²) in [7, 11) is 0. The molecular weight excluding hydrogens is 152 g/mol. The molecule has 0 bridgehead atoms. The predicted molar refractivity (Wildman–Crippen MR) is 48.1 cm³/mol. The first kappa shape index (κ1) is 11.0. The van der Waals surface area contributed by atoms with Crippen LogP contribution in [0.5, 0.6) is 0 Å². The van der Waals surface area contributed by atoms with Gasteiger partial charge >= 0.3 is 0 Å². The van der Waals surface area contributed by atoms with Crippen LogP contribution in [0, 0.1) is 24.7 Å². The fourth-order valence-corrected chi connectivity index (χ4v) is 0.263. The van der Waals surface area contributed by atoms with E-state index in [2.05, 4.69) is 11.8 Å². The molecule has 1 aliphatic carbocycles. The summed E-state index contributed by atoms with van der Waals surface area (Å²) in [4.78, 5) is 0. The predicted octanol–water partition coefficient (Wildman–Crippen LogP) is 0.535. The van der Waals surface area contributed by atoms with Crippen LogP contribution in [0.15, 0.2) is 0 Å². The summed E-state index contributed by atoms with van der Waals surface area (Å²) in [5.41, 5.74) is -1.61. The third-order valence-electron chi connectivity index (χ3n) is 1.35. The van der Waals surface area contributed by atoms with Gasteiger partial charge in [-0.1, -0.05) is 11.8 Å². The lowest BCUT2D eigenvalue weighted by atomic mass is 10.2. The molecule has 1 saturated carbocycles. The zero-order valence-corrected chi connectivity index (χ0v) is 7.46. The van der Waals surface area contributed by atoms with Gasteiger partial charge in [0.15, 0.2) is 0 Å². The minimum atomic E-state index is -0.931. The number of rotatable bonds is 0. The standard InChI is InChI=1S/C5H6O.C5H8O/c1-2-5(6)3-4-5;1-4-5(2,3)6/h1,6H,3-4H2;1,6H,2-3H3. The minimum absolute atomic E-state index is 0.681. The van der Waals surface area contributed by atoms with E-state index in [1.807, 2.05) is 0 Å². The zero-order chi connectivity index (χ0) is 9.83. The molecule has 1 aliphatic rings. The highest BCUT2D eigenvalue weighted by atomic mass is 16.3. The maximum Gasteiger partial charge on any atom is 0.125 e. The fourth-order valence-electron chi connectivity index (χ4n) is 0.263. The van der Waals surface area contributed by atoms with Crippen molar-refractivity contribution >= 4 is 0 Å². The quantitative estimate of drug-likeness (QED) is 0.515. The van der Waals surface area contributed by atoms with Crippen molar-refractivity contribution in [2.24, 2.45) is 0 Å². The maximum absolute atomic E-state index is 8.70. The highest BCUT2D eigenvalue weighted by Crippen LogP contribution is 2.33. The van der Waals surface area contributed by atoms with Crippen molar-refractivity contribution in [3.63, 3.8) is 0 Å². The Kier molecular flexibility index (Phi) is 3.34. The summed E-state index contributed by atoms with van der Waals surface area (Å²) < 4.78 is 0. The molecule has 0 aliphatic heterocycles. The van der Waals surface area contributed by atoms with E-state index in [1.165, 1.54) is 0 Å². The monoisotopic (exact) mass is 166 g/mol. The molecule has 0 saturated heterocycles. The molecule has 2 nitrogen and oxygen atoms in total. The molecular formula is C10H14O2. The van der Waals surface area contributed by atoms with Gasteiger partial charge in [0.1, 0.15) is 11.2 Å². The van der Waals surface area contributed by atoms with Crippen molar-refractivity contribution in [1.82, 2.24) is 0 Å². The fraction of sp³-hybridized carbons (Fsp3) is 0.600. The maximum atomic E-state index is 8.70. The second kappa shape index (κ2) is 3.63. The third-order valence-corrected chi connectivity index (χ3v) is 1.35. The van der Waals surface area contributed by atoms with Crippen LogP contribution in [0.1, 0.15) is 26.7 Å². The van der Waals surface area contributed by atoms with Crippen molar-refractivity contribution in [3.8, 4) is 24.7 Å². The molecule has 0 amide bonds. The highest BCUT2D eigenvalue weighted by molar-refractivity contribution is 5.16. The molecule has 0 heterocycles. The first-order chi connectivity index (χ1) is 5.33. The summed E-state index contributed by atoms with van der Waals surface area (Å²) in [6.07, 6.45) is 11.3. The van der Waals surface area contributed by atoms with E-state index in [0.29, 0.717) is 0 Å². The Bertz CT molecular complexity index is 202. The van der Waals surface area contributed by atoms with Crippen LogP contribution in [-0.2, 0) is 0 Å². The Labute approximate surface area is 73.6 Å². The van der Waals surface area contributed by atoms with Crippen molar-refractivity contribution < 1.29 is 10.2 Å². The summed E-state index contributed by atoms with van der Waals surface area (Å²) >= 11 is 0. The normalized spacial score (nSPS) is 17.8. The van der Waals surface area contributed by atoms with E-state index >= 15 is 0 Å². The van der Waals surface area contributed by atoms with Crippen LogP contribution in [0.2, 0.25) is 0 Å². The smallest absolute Gasteiger partial charge is 0.125 e. The minimum Gasteiger partial charge on any atom is -0.378 e. The molecule has 0 aromatic heterocycles. The van der Waals surface area contributed by atoms with Crippen LogP contribution in [0.4, 0.5) is 0 Å². The van der Waals surface area contributed by atoms with Gasteiger partial charge in [-0.25, -0.2) is 0 Å². The largest absolute Gasteiger partial charge is 0.378 e. The van der Waals surface area contributed by atoms with Crippen LogP contribution in [0.3, 0.4) is 0 Å². The molecule has 0 unspecified atom stereocenters. The molecule has 2 N–H and O–H groups in total. The van der Waals surface area contributed by atoms with Crippen molar-refractivity contribution in [2.45, 2.75) is 37.9 Å². The van der Waals surface area contributed by atoms with E-state index in [9.17, 15) is 0 Å². The lowest BCUT2D eigenvalue weighted by Gasteiger charge is -2.04. The topological polar surface area (TPSA) is 40.5 Å². The van der Waals surface area contributed by atoms with Gasteiger partial charge < -0.3 is 10.2 Å². The van der Waals surface area contributed by atoms with Gasteiger partial charge in [0.25, 0.3) is 0 Å². The Morgan fingerprint density at radius 1 is 1.33 bits per heavy atom. The molecule has 1 fully saturated rings. The lowest BCUT2D eigenvalue weighted by Crippen LogP contribution is -2.13. The van der Waals surface area contributed by atoms with Gasteiger partial charge in [0.05, 0.1) is 0 Å². The summed E-state index contributed by atoms with van der Waals surface area (Å²) in [5.74, 6) is 4.43. The van der Waals surface area contributed by atoms with Gasteiger partial charge in [0, 0.05) is 0 Å². The van der Waals surface area contributed by atoms with Crippen LogP contribution < -0.4 is 0 Å². The van der Waals surface area contributed by atoms with Gasteiger partial charge in [-0.05, 0) is 26.7 Å². The SMILES string of the molecule is C#CC(C)(C)O.C#CC1(O)CC1. The number of hydrogen-bond acceptors (Lipinski definition) is 2. The lowest BCUT2D eigenvalue weighted by molar-refractivity contribution is 0.144. The van der Waals surface area contributed by atoms with Crippen LogP contribution >= 0.6 is 0 Å². The summed E-state index contributed by atoms with van der Waals surface area (Å²) in [6.45, 7) is 3.12. The molecule has 0 atom stereocenters. The van der Waals surface area contributed by atoms with E-state index in [0.717, 1.165) is 12.8 Å². The molecule has 0 radical (unpaired) electrons. The molecule has 2 heteroatoms. The van der Waals surface area contributed by atoms with E-state index in [1.54, 1.807) is 13.8 Å². The Morgan fingerprint density at radius 2 is 1.67 bits per heavy atom. The summed E-state index contributed by atoms with van der Waals surface area (Å²) in [6, 6.07) is 0. The first-order valence-electron chi connectivity index (χ1n) is 3.73. The number of aliphatic hydroxyl groups is 2. The highest BCUT2D eigenvalue weighted by Gasteiger charge is 2.37. The Morgan fingerprint density at radius 3 is 1.67 bits per heavy atom. The molecule has 66 valence electrons. The second-order valence-corrected chi connectivity index (χ2v) is 3.38. The number of terminal acetylenes is 2.